The summed E-state index contributed by atoms with van der Waals surface area (Å²) in [7, 11) is 1.46. The molecule has 0 fully saturated rings. The first kappa shape index (κ1) is 23.1. The Morgan fingerprint density at radius 3 is 2.47 bits per heavy atom. The smallest absolute Gasteiger partial charge is 0.275 e. The summed E-state index contributed by atoms with van der Waals surface area (Å²) < 4.78 is 10.8. The maximum Gasteiger partial charge on any atom is 0.275 e. The summed E-state index contributed by atoms with van der Waals surface area (Å²) >= 11 is 0. The van der Waals surface area contributed by atoms with Crippen molar-refractivity contribution in [3.05, 3.63) is 57.0 Å². The Balaban J connectivity index is 1.72. The molecule has 9 nitrogen and oxygen atoms in total. The number of carbonyl (C=O) groups excluding carboxylic acids is 3. The van der Waals surface area contributed by atoms with E-state index in [2.05, 4.69) is 15.8 Å². The number of rotatable bonds is 6. The van der Waals surface area contributed by atoms with Crippen LogP contribution < -0.4 is 25.9 Å². The van der Waals surface area contributed by atoms with Crippen molar-refractivity contribution in [3.63, 3.8) is 0 Å². The first-order valence-electron chi connectivity index (χ1n) is 10.4. The molecule has 0 unspecified atom stereocenters. The van der Waals surface area contributed by atoms with E-state index < -0.39 is 17.4 Å². The summed E-state index contributed by atoms with van der Waals surface area (Å²) in [6, 6.07) is 5.91. The third-order valence-corrected chi connectivity index (χ3v) is 5.14. The van der Waals surface area contributed by atoms with Crippen molar-refractivity contribution < 1.29 is 23.9 Å². The number of Topliss-reactive ketones (excluding diaryl/α,β-unsaturated/α-hetero) is 1. The van der Waals surface area contributed by atoms with Gasteiger partial charge in [0.15, 0.2) is 17.3 Å². The number of ether oxygens (including phenoxy) is 2. The number of hydrogen-bond acceptors (Lipinski definition) is 6. The highest BCUT2D eigenvalue weighted by molar-refractivity contribution is 6.03. The molecule has 1 aromatic carbocycles. The fourth-order valence-electron chi connectivity index (χ4n) is 3.59. The number of methoxy groups -OCH3 is 1. The van der Waals surface area contributed by atoms with Crippen molar-refractivity contribution in [1.29, 1.82) is 0 Å². The molecule has 0 atom stereocenters. The van der Waals surface area contributed by atoms with E-state index in [4.69, 9.17) is 9.47 Å². The van der Waals surface area contributed by atoms with E-state index in [0.717, 1.165) is 6.42 Å². The van der Waals surface area contributed by atoms with Crippen molar-refractivity contribution in [3.8, 4) is 11.5 Å². The number of hydrazine groups is 1. The quantitative estimate of drug-likeness (QED) is 0.591. The first-order chi connectivity index (χ1) is 15.1. The number of amides is 2. The van der Waals surface area contributed by atoms with Gasteiger partial charge in [-0.25, -0.2) is 0 Å². The van der Waals surface area contributed by atoms with Crippen LogP contribution in [0.4, 0.5) is 0 Å². The first-order valence-corrected chi connectivity index (χ1v) is 10.4. The Bertz CT molecular complexity index is 1120. The lowest BCUT2D eigenvalue weighted by Crippen LogP contribution is -2.44. The summed E-state index contributed by atoms with van der Waals surface area (Å²) in [6.45, 7) is 6.37. The third-order valence-electron chi connectivity index (χ3n) is 5.14. The molecule has 0 saturated heterocycles. The van der Waals surface area contributed by atoms with Crippen LogP contribution >= 0.6 is 0 Å². The summed E-state index contributed by atoms with van der Waals surface area (Å²) in [5.74, 6) is -0.683. The number of hydrogen-bond donors (Lipinski definition) is 3. The zero-order chi connectivity index (χ0) is 23.5. The highest BCUT2D eigenvalue weighted by Crippen LogP contribution is 2.33. The Labute approximate surface area is 185 Å². The highest BCUT2D eigenvalue weighted by atomic mass is 16.5. The molecule has 0 radical (unpaired) electrons. The molecule has 2 amide bonds. The van der Waals surface area contributed by atoms with Gasteiger partial charge in [0.2, 0.25) is 0 Å². The van der Waals surface area contributed by atoms with Crippen molar-refractivity contribution in [1.82, 2.24) is 15.8 Å². The molecule has 3 N–H and O–H groups in total. The summed E-state index contributed by atoms with van der Waals surface area (Å²) in [4.78, 5) is 52.5. The van der Waals surface area contributed by atoms with Gasteiger partial charge in [-0.05, 0) is 42.5 Å². The predicted octanol–water partition coefficient (Wildman–Crippen LogP) is 2.40. The fourth-order valence-corrected chi connectivity index (χ4v) is 3.59. The van der Waals surface area contributed by atoms with Crippen LogP contribution in [-0.2, 0) is 6.42 Å². The molecule has 1 aromatic heterocycles. The standard InChI is InChI=1S/C23H27N3O6/c1-5-8-32-18-7-6-13(9-19(18)31-4)20(28)25-26-22(30)15-10-14-16(24-21(15)29)11-23(2,3)12-17(14)27/h6-7,9-10H,5,8,11-12H2,1-4H3,(H,24,29)(H,25,28)(H,26,30). The number of pyridine rings is 1. The van der Waals surface area contributed by atoms with Crippen LogP contribution in [0.15, 0.2) is 29.1 Å². The van der Waals surface area contributed by atoms with Crippen molar-refractivity contribution in [2.75, 3.05) is 13.7 Å². The molecular formula is C23H27N3O6. The summed E-state index contributed by atoms with van der Waals surface area (Å²) in [5, 5.41) is 0. The van der Waals surface area contributed by atoms with Gasteiger partial charge in [0.1, 0.15) is 5.56 Å². The Kier molecular flexibility index (Phi) is 6.67. The predicted molar refractivity (Wildman–Crippen MR) is 117 cm³/mol. The number of nitrogens with one attached hydrogen (secondary N) is 3. The monoisotopic (exact) mass is 441 g/mol. The summed E-state index contributed by atoms with van der Waals surface area (Å²) in [6.07, 6.45) is 1.67. The lowest BCUT2D eigenvalue weighted by molar-refractivity contribution is 0.0844. The van der Waals surface area contributed by atoms with Gasteiger partial charge in [-0.1, -0.05) is 20.8 Å². The number of benzene rings is 1. The summed E-state index contributed by atoms with van der Waals surface area (Å²) in [5.41, 5.74) is 4.43. The minimum atomic E-state index is -0.824. The molecule has 1 heterocycles. The normalized spacial score (nSPS) is 14.3. The zero-order valence-electron chi connectivity index (χ0n) is 18.6. The molecule has 3 rings (SSSR count). The van der Waals surface area contributed by atoms with E-state index in [0.29, 0.717) is 42.2 Å². The minimum Gasteiger partial charge on any atom is -0.493 e. The van der Waals surface area contributed by atoms with Gasteiger partial charge in [-0.3, -0.25) is 30.0 Å². The maximum absolute atomic E-state index is 12.5. The van der Waals surface area contributed by atoms with Crippen LogP contribution in [0.5, 0.6) is 11.5 Å². The van der Waals surface area contributed by atoms with Gasteiger partial charge in [0, 0.05) is 23.2 Å². The highest BCUT2D eigenvalue weighted by Gasteiger charge is 2.32. The molecule has 32 heavy (non-hydrogen) atoms. The fraction of sp³-hybridized carbons (Fsp3) is 0.391. The van der Waals surface area contributed by atoms with Gasteiger partial charge in [0.25, 0.3) is 17.4 Å². The van der Waals surface area contributed by atoms with E-state index >= 15 is 0 Å². The largest absolute Gasteiger partial charge is 0.493 e. The molecule has 0 saturated carbocycles. The molecule has 1 aliphatic rings. The van der Waals surface area contributed by atoms with Crippen LogP contribution in [0.25, 0.3) is 0 Å². The number of H-pyrrole nitrogens is 1. The molecule has 0 spiro atoms. The van der Waals surface area contributed by atoms with Crippen LogP contribution in [0.2, 0.25) is 0 Å². The van der Waals surface area contributed by atoms with Crippen molar-refractivity contribution in [2.45, 2.75) is 40.0 Å². The Morgan fingerprint density at radius 2 is 1.78 bits per heavy atom. The Morgan fingerprint density at radius 1 is 1.06 bits per heavy atom. The van der Waals surface area contributed by atoms with Gasteiger partial charge in [-0.2, -0.15) is 0 Å². The van der Waals surface area contributed by atoms with Gasteiger partial charge in [-0.15, -0.1) is 0 Å². The van der Waals surface area contributed by atoms with Crippen molar-refractivity contribution >= 4 is 17.6 Å². The van der Waals surface area contributed by atoms with Gasteiger partial charge >= 0.3 is 0 Å². The molecular weight excluding hydrogens is 414 g/mol. The second-order valence-electron chi connectivity index (χ2n) is 8.47. The van der Waals surface area contributed by atoms with E-state index in [9.17, 15) is 19.2 Å². The average Bonchev–Trinajstić information content (AvgIpc) is 2.74. The molecule has 0 bridgehead atoms. The number of aromatic nitrogens is 1. The van der Waals surface area contributed by atoms with E-state index in [1.165, 1.54) is 25.3 Å². The number of aromatic amines is 1. The molecule has 170 valence electrons. The van der Waals surface area contributed by atoms with E-state index in [1.54, 1.807) is 6.07 Å². The number of carbonyl (C=O) groups is 3. The molecule has 1 aliphatic carbocycles. The van der Waals surface area contributed by atoms with Crippen LogP contribution in [0.1, 0.15) is 70.4 Å². The molecule has 0 aliphatic heterocycles. The molecule has 9 heteroatoms. The average molecular weight is 441 g/mol. The van der Waals surface area contributed by atoms with Gasteiger partial charge in [0.05, 0.1) is 13.7 Å². The second-order valence-corrected chi connectivity index (χ2v) is 8.47. The minimum absolute atomic E-state index is 0.136. The van der Waals surface area contributed by atoms with Crippen LogP contribution in [0.3, 0.4) is 0 Å². The lowest BCUT2D eigenvalue weighted by Gasteiger charge is -2.29. The van der Waals surface area contributed by atoms with Gasteiger partial charge < -0.3 is 14.5 Å². The Hall–Kier alpha value is -3.62. The van der Waals surface area contributed by atoms with Crippen LogP contribution in [-0.4, -0.2) is 36.3 Å². The third kappa shape index (κ3) is 4.99. The number of fused-ring (bicyclic) bond motifs is 1. The van der Waals surface area contributed by atoms with E-state index in [-0.39, 0.29) is 22.3 Å². The topological polar surface area (TPSA) is 127 Å². The SMILES string of the molecule is CCCOc1ccc(C(=O)NNC(=O)c2cc3c([nH]c2=O)CC(C)(C)CC3=O)cc1OC. The number of ketones is 1. The lowest BCUT2D eigenvalue weighted by atomic mass is 9.75. The maximum atomic E-state index is 12.5. The second kappa shape index (κ2) is 9.25. The van der Waals surface area contributed by atoms with Crippen LogP contribution in [0, 0.1) is 5.41 Å². The van der Waals surface area contributed by atoms with Crippen molar-refractivity contribution in [2.24, 2.45) is 5.41 Å². The van der Waals surface area contributed by atoms with E-state index in [1.807, 2.05) is 20.8 Å². The molecule has 2 aromatic rings. The zero-order valence-corrected chi connectivity index (χ0v) is 18.6.